The fourth-order valence-electron chi connectivity index (χ4n) is 1.90. The number of hydrogen-bond donors (Lipinski definition) is 1. The fourth-order valence-corrected chi connectivity index (χ4v) is 1.90. The standard InChI is InChI=1S/C14H20N4O/c1-12-11-18(9-10-19-2)14(17-12)16-8-6-13-5-3-4-7-15-13/h3-5,7,11H,6,8-10H2,1-2H3,(H,16,17). The van der Waals surface area contributed by atoms with Gasteiger partial charge >= 0.3 is 0 Å². The summed E-state index contributed by atoms with van der Waals surface area (Å²) in [6, 6.07) is 5.97. The number of pyridine rings is 1. The summed E-state index contributed by atoms with van der Waals surface area (Å²) in [5.74, 6) is 0.894. The summed E-state index contributed by atoms with van der Waals surface area (Å²) in [7, 11) is 1.71. The Hall–Kier alpha value is -1.88. The lowest BCUT2D eigenvalue weighted by molar-refractivity contribution is 0.187. The second-order valence-corrected chi connectivity index (χ2v) is 4.39. The molecule has 2 rings (SSSR count). The van der Waals surface area contributed by atoms with Crippen LogP contribution < -0.4 is 5.32 Å². The van der Waals surface area contributed by atoms with Crippen molar-refractivity contribution in [3.8, 4) is 0 Å². The van der Waals surface area contributed by atoms with Gasteiger partial charge in [-0.05, 0) is 19.1 Å². The zero-order valence-corrected chi connectivity index (χ0v) is 11.5. The molecule has 0 radical (unpaired) electrons. The van der Waals surface area contributed by atoms with Crippen LogP contribution in [0.2, 0.25) is 0 Å². The maximum atomic E-state index is 5.10. The van der Waals surface area contributed by atoms with Gasteiger partial charge < -0.3 is 14.6 Å². The molecule has 102 valence electrons. The number of anilines is 1. The largest absolute Gasteiger partial charge is 0.383 e. The highest BCUT2D eigenvalue weighted by molar-refractivity contribution is 5.29. The van der Waals surface area contributed by atoms with E-state index in [0.29, 0.717) is 6.61 Å². The number of methoxy groups -OCH3 is 1. The Morgan fingerprint density at radius 2 is 2.26 bits per heavy atom. The van der Waals surface area contributed by atoms with Crippen molar-refractivity contribution in [1.82, 2.24) is 14.5 Å². The Balaban J connectivity index is 1.88. The Morgan fingerprint density at radius 3 is 3.00 bits per heavy atom. The van der Waals surface area contributed by atoms with E-state index >= 15 is 0 Å². The van der Waals surface area contributed by atoms with Crippen molar-refractivity contribution in [2.45, 2.75) is 19.9 Å². The van der Waals surface area contributed by atoms with E-state index in [9.17, 15) is 0 Å². The van der Waals surface area contributed by atoms with Gasteiger partial charge in [0, 0.05) is 44.7 Å². The molecule has 1 N–H and O–H groups in total. The maximum Gasteiger partial charge on any atom is 0.203 e. The van der Waals surface area contributed by atoms with Gasteiger partial charge in [-0.25, -0.2) is 4.98 Å². The topological polar surface area (TPSA) is 52.0 Å². The monoisotopic (exact) mass is 260 g/mol. The normalized spacial score (nSPS) is 10.6. The van der Waals surface area contributed by atoms with Crippen LogP contribution in [0.3, 0.4) is 0 Å². The highest BCUT2D eigenvalue weighted by atomic mass is 16.5. The number of ether oxygens (including phenoxy) is 1. The van der Waals surface area contributed by atoms with Crippen LogP contribution in [0, 0.1) is 6.92 Å². The molecule has 0 spiro atoms. The molecule has 2 heterocycles. The average molecular weight is 260 g/mol. The molecule has 19 heavy (non-hydrogen) atoms. The van der Waals surface area contributed by atoms with Crippen molar-refractivity contribution >= 4 is 5.95 Å². The SMILES string of the molecule is COCCn1cc(C)nc1NCCc1ccccn1. The number of aryl methyl sites for hydroxylation is 1. The van der Waals surface area contributed by atoms with E-state index in [0.717, 1.165) is 36.8 Å². The number of rotatable bonds is 7. The van der Waals surface area contributed by atoms with Crippen molar-refractivity contribution in [3.05, 3.63) is 42.0 Å². The molecule has 0 unspecified atom stereocenters. The summed E-state index contributed by atoms with van der Waals surface area (Å²) in [5.41, 5.74) is 2.10. The Morgan fingerprint density at radius 1 is 1.37 bits per heavy atom. The van der Waals surface area contributed by atoms with Crippen molar-refractivity contribution < 1.29 is 4.74 Å². The molecule has 0 amide bonds. The molecule has 0 aromatic carbocycles. The zero-order valence-electron chi connectivity index (χ0n) is 11.5. The third-order valence-electron chi connectivity index (χ3n) is 2.82. The van der Waals surface area contributed by atoms with E-state index in [1.165, 1.54) is 0 Å². The van der Waals surface area contributed by atoms with Crippen molar-refractivity contribution in [3.63, 3.8) is 0 Å². The van der Waals surface area contributed by atoms with Crippen LogP contribution in [-0.2, 0) is 17.7 Å². The van der Waals surface area contributed by atoms with Gasteiger partial charge in [0.1, 0.15) is 0 Å². The number of nitrogens with one attached hydrogen (secondary N) is 1. The molecular weight excluding hydrogens is 240 g/mol. The van der Waals surface area contributed by atoms with Gasteiger partial charge in [0.15, 0.2) is 0 Å². The second-order valence-electron chi connectivity index (χ2n) is 4.39. The minimum Gasteiger partial charge on any atom is -0.383 e. The first-order valence-electron chi connectivity index (χ1n) is 6.46. The smallest absolute Gasteiger partial charge is 0.203 e. The first-order chi connectivity index (χ1) is 9.29. The van der Waals surface area contributed by atoms with Gasteiger partial charge in [-0.1, -0.05) is 6.07 Å². The molecule has 0 aliphatic heterocycles. The lowest BCUT2D eigenvalue weighted by Crippen LogP contribution is -2.12. The van der Waals surface area contributed by atoms with E-state index in [1.807, 2.05) is 37.5 Å². The van der Waals surface area contributed by atoms with Crippen LogP contribution in [0.5, 0.6) is 0 Å². The average Bonchev–Trinajstić information content (AvgIpc) is 2.78. The molecule has 5 heteroatoms. The van der Waals surface area contributed by atoms with Gasteiger partial charge in [-0.15, -0.1) is 0 Å². The molecule has 0 bridgehead atoms. The van der Waals surface area contributed by atoms with Crippen LogP contribution in [0.4, 0.5) is 5.95 Å². The molecule has 0 aliphatic carbocycles. The fraction of sp³-hybridized carbons (Fsp3) is 0.429. The predicted octanol–water partition coefficient (Wildman–Crippen LogP) is 1.89. The summed E-state index contributed by atoms with van der Waals surface area (Å²) in [5, 5.41) is 3.35. The minimum atomic E-state index is 0.685. The summed E-state index contributed by atoms with van der Waals surface area (Å²) in [6.07, 6.45) is 4.73. The van der Waals surface area contributed by atoms with E-state index < -0.39 is 0 Å². The predicted molar refractivity (Wildman–Crippen MR) is 75.3 cm³/mol. The van der Waals surface area contributed by atoms with E-state index in [2.05, 4.69) is 19.9 Å². The lowest BCUT2D eigenvalue weighted by Gasteiger charge is -2.09. The Bertz CT molecular complexity index is 495. The molecule has 0 atom stereocenters. The van der Waals surface area contributed by atoms with Crippen LogP contribution in [0.25, 0.3) is 0 Å². The first-order valence-corrected chi connectivity index (χ1v) is 6.46. The van der Waals surface area contributed by atoms with Gasteiger partial charge in [0.25, 0.3) is 0 Å². The van der Waals surface area contributed by atoms with Gasteiger partial charge in [0.05, 0.1) is 12.3 Å². The summed E-state index contributed by atoms with van der Waals surface area (Å²) in [6.45, 7) is 4.31. The molecule has 0 fully saturated rings. The van der Waals surface area contributed by atoms with Gasteiger partial charge in [-0.3, -0.25) is 4.98 Å². The maximum absolute atomic E-state index is 5.10. The molecule has 5 nitrogen and oxygen atoms in total. The van der Waals surface area contributed by atoms with Crippen LogP contribution in [-0.4, -0.2) is 34.8 Å². The quantitative estimate of drug-likeness (QED) is 0.826. The number of imidazole rings is 1. The van der Waals surface area contributed by atoms with E-state index in [4.69, 9.17) is 4.74 Å². The highest BCUT2D eigenvalue weighted by Gasteiger charge is 2.04. The molecule has 0 aliphatic rings. The summed E-state index contributed by atoms with van der Waals surface area (Å²) in [4.78, 5) is 8.77. The second kappa shape index (κ2) is 6.89. The summed E-state index contributed by atoms with van der Waals surface area (Å²) >= 11 is 0. The van der Waals surface area contributed by atoms with E-state index in [1.54, 1.807) is 7.11 Å². The number of hydrogen-bond acceptors (Lipinski definition) is 4. The summed E-state index contributed by atoms with van der Waals surface area (Å²) < 4.78 is 7.18. The van der Waals surface area contributed by atoms with Gasteiger partial charge in [-0.2, -0.15) is 0 Å². The van der Waals surface area contributed by atoms with Crippen molar-refractivity contribution in [2.75, 3.05) is 25.6 Å². The Labute approximate surface area is 113 Å². The van der Waals surface area contributed by atoms with Crippen LogP contribution in [0.15, 0.2) is 30.6 Å². The van der Waals surface area contributed by atoms with Crippen LogP contribution >= 0.6 is 0 Å². The first kappa shape index (κ1) is 13.5. The molecule has 2 aromatic heterocycles. The number of nitrogens with zero attached hydrogens (tertiary/aromatic N) is 3. The third-order valence-corrected chi connectivity index (χ3v) is 2.82. The van der Waals surface area contributed by atoms with Crippen molar-refractivity contribution in [1.29, 1.82) is 0 Å². The lowest BCUT2D eigenvalue weighted by atomic mass is 10.3. The minimum absolute atomic E-state index is 0.685. The molecule has 0 saturated carbocycles. The zero-order chi connectivity index (χ0) is 13.5. The van der Waals surface area contributed by atoms with E-state index in [-0.39, 0.29) is 0 Å². The number of aromatic nitrogens is 3. The van der Waals surface area contributed by atoms with Gasteiger partial charge in [0.2, 0.25) is 5.95 Å². The van der Waals surface area contributed by atoms with Crippen molar-refractivity contribution in [2.24, 2.45) is 0 Å². The molecule has 0 saturated heterocycles. The Kier molecular flexibility index (Phi) is 4.92. The highest BCUT2D eigenvalue weighted by Crippen LogP contribution is 2.08. The molecular formula is C14H20N4O. The molecule has 2 aromatic rings. The third kappa shape index (κ3) is 4.06. The van der Waals surface area contributed by atoms with Crippen LogP contribution in [0.1, 0.15) is 11.4 Å².